The molecule has 2 N–H and O–H groups in total. The van der Waals surface area contributed by atoms with E-state index < -0.39 is 5.60 Å². The van der Waals surface area contributed by atoms with Crippen LogP contribution in [0.2, 0.25) is 0 Å². The molecule has 0 aliphatic heterocycles. The molecule has 0 bridgehead atoms. The van der Waals surface area contributed by atoms with Crippen LogP contribution in [0.4, 0.5) is 0 Å². The first kappa shape index (κ1) is 12.0. The van der Waals surface area contributed by atoms with Crippen molar-refractivity contribution in [1.29, 1.82) is 0 Å². The summed E-state index contributed by atoms with van der Waals surface area (Å²) in [5, 5.41) is 13.7. The molecule has 0 heterocycles. The molecular weight excluding hydrogens is 174 g/mol. The highest BCUT2D eigenvalue weighted by Gasteiger charge is 2.28. The van der Waals surface area contributed by atoms with E-state index in [0.29, 0.717) is 6.04 Å². The van der Waals surface area contributed by atoms with E-state index in [9.17, 15) is 5.11 Å². The molecule has 1 aliphatic carbocycles. The van der Waals surface area contributed by atoms with Crippen LogP contribution in [0, 0.1) is 0 Å². The third kappa shape index (κ3) is 3.97. The lowest BCUT2D eigenvalue weighted by molar-refractivity contribution is 0.00285. The van der Waals surface area contributed by atoms with Crippen LogP contribution in [-0.4, -0.2) is 23.3 Å². The second kappa shape index (κ2) is 5.72. The Hall–Kier alpha value is -0.0800. The quantitative estimate of drug-likeness (QED) is 0.713. The predicted molar refractivity (Wildman–Crippen MR) is 60.4 cm³/mol. The summed E-state index contributed by atoms with van der Waals surface area (Å²) < 4.78 is 0. The Bertz CT molecular complexity index is 152. The molecule has 0 amide bonds. The van der Waals surface area contributed by atoms with E-state index in [0.717, 1.165) is 19.4 Å². The fourth-order valence-corrected chi connectivity index (χ4v) is 2.29. The van der Waals surface area contributed by atoms with Gasteiger partial charge in [0.25, 0.3) is 0 Å². The molecule has 0 saturated heterocycles. The van der Waals surface area contributed by atoms with E-state index in [1.54, 1.807) is 0 Å². The highest BCUT2D eigenvalue weighted by molar-refractivity contribution is 4.85. The van der Waals surface area contributed by atoms with E-state index in [1.807, 2.05) is 0 Å². The summed E-state index contributed by atoms with van der Waals surface area (Å²) in [5.41, 5.74) is -0.403. The largest absolute Gasteiger partial charge is 0.389 e. The Morgan fingerprint density at radius 1 is 1.29 bits per heavy atom. The molecule has 1 rings (SSSR count). The lowest BCUT2D eigenvalue weighted by Crippen LogP contribution is -2.44. The molecule has 2 heteroatoms. The molecule has 1 fully saturated rings. The summed E-state index contributed by atoms with van der Waals surface area (Å²) in [6, 6.07) is 0.547. The number of hydrogen-bond donors (Lipinski definition) is 2. The molecule has 84 valence electrons. The van der Waals surface area contributed by atoms with Crippen molar-refractivity contribution in [2.75, 3.05) is 6.54 Å². The lowest BCUT2D eigenvalue weighted by Gasteiger charge is -2.33. The van der Waals surface area contributed by atoms with Gasteiger partial charge in [-0.15, -0.1) is 0 Å². The van der Waals surface area contributed by atoms with Crippen molar-refractivity contribution in [3.8, 4) is 0 Å². The van der Waals surface area contributed by atoms with Crippen molar-refractivity contribution in [3.63, 3.8) is 0 Å². The Kier molecular flexibility index (Phi) is 4.90. The Balaban J connectivity index is 2.21. The Morgan fingerprint density at radius 2 is 1.93 bits per heavy atom. The van der Waals surface area contributed by atoms with Crippen molar-refractivity contribution in [2.24, 2.45) is 0 Å². The van der Waals surface area contributed by atoms with Crippen molar-refractivity contribution in [3.05, 3.63) is 0 Å². The molecule has 0 radical (unpaired) electrons. The van der Waals surface area contributed by atoms with E-state index in [4.69, 9.17) is 0 Å². The molecule has 2 nitrogen and oxygen atoms in total. The second-order valence-corrected chi connectivity index (χ2v) is 4.86. The van der Waals surface area contributed by atoms with Crippen molar-refractivity contribution >= 4 is 0 Å². The zero-order valence-corrected chi connectivity index (χ0v) is 9.68. The zero-order valence-electron chi connectivity index (χ0n) is 9.68. The summed E-state index contributed by atoms with van der Waals surface area (Å²) in [6.07, 6.45) is 8.08. The standard InChI is InChI=1S/C12H25NO/c1-3-7-11(2)13-10-12(14)8-5-4-6-9-12/h11,13-14H,3-10H2,1-2H3. The maximum atomic E-state index is 10.2. The van der Waals surface area contributed by atoms with Crippen LogP contribution in [-0.2, 0) is 0 Å². The van der Waals surface area contributed by atoms with Gasteiger partial charge in [0.05, 0.1) is 5.60 Å². The van der Waals surface area contributed by atoms with Gasteiger partial charge in [0.1, 0.15) is 0 Å². The minimum atomic E-state index is -0.403. The van der Waals surface area contributed by atoms with Gasteiger partial charge in [-0.2, -0.15) is 0 Å². The van der Waals surface area contributed by atoms with Crippen LogP contribution in [0.1, 0.15) is 58.8 Å². The van der Waals surface area contributed by atoms with Crippen LogP contribution in [0.25, 0.3) is 0 Å². The van der Waals surface area contributed by atoms with Crippen LogP contribution in [0.5, 0.6) is 0 Å². The number of aliphatic hydroxyl groups is 1. The van der Waals surface area contributed by atoms with Gasteiger partial charge in [0, 0.05) is 12.6 Å². The lowest BCUT2D eigenvalue weighted by atomic mass is 9.84. The first-order chi connectivity index (χ1) is 6.66. The fourth-order valence-electron chi connectivity index (χ4n) is 2.29. The van der Waals surface area contributed by atoms with Gasteiger partial charge in [-0.1, -0.05) is 32.6 Å². The molecule has 1 saturated carbocycles. The highest BCUT2D eigenvalue weighted by atomic mass is 16.3. The average Bonchev–Trinajstić information content (AvgIpc) is 2.17. The molecule has 1 atom stereocenters. The summed E-state index contributed by atoms with van der Waals surface area (Å²) in [4.78, 5) is 0. The summed E-state index contributed by atoms with van der Waals surface area (Å²) >= 11 is 0. The second-order valence-electron chi connectivity index (χ2n) is 4.86. The molecule has 0 aromatic carbocycles. The molecule has 1 unspecified atom stereocenters. The fraction of sp³-hybridized carbons (Fsp3) is 1.00. The van der Waals surface area contributed by atoms with Crippen LogP contribution < -0.4 is 5.32 Å². The zero-order chi connectivity index (χ0) is 10.4. The maximum Gasteiger partial charge on any atom is 0.0771 e. The summed E-state index contributed by atoms with van der Waals surface area (Å²) in [5.74, 6) is 0. The molecule has 0 spiro atoms. The Morgan fingerprint density at radius 3 is 2.50 bits per heavy atom. The van der Waals surface area contributed by atoms with E-state index in [1.165, 1.54) is 32.1 Å². The molecule has 14 heavy (non-hydrogen) atoms. The van der Waals surface area contributed by atoms with Crippen molar-refractivity contribution < 1.29 is 5.11 Å². The highest BCUT2D eigenvalue weighted by Crippen LogP contribution is 2.27. The topological polar surface area (TPSA) is 32.3 Å². The van der Waals surface area contributed by atoms with Gasteiger partial charge in [-0.3, -0.25) is 0 Å². The van der Waals surface area contributed by atoms with Gasteiger partial charge >= 0.3 is 0 Å². The average molecular weight is 199 g/mol. The van der Waals surface area contributed by atoms with E-state index in [-0.39, 0.29) is 0 Å². The minimum absolute atomic E-state index is 0.403. The third-order valence-corrected chi connectivity index (χ3v) is 3.29. The predicted octanol–water partition coefficient (Wildman–Crippen LogP) is 2.46. The molecule has 0 aromatic rings. The SMILES string of the molecule is CCCC(C)NCC1(O)CCCCC1. The minimum Gasteiger partial charge on any atom is -0.389 e. The third-order valence-electron chi connectivity index (χ3n) is 3.29. The van der Waals surface area contributed by atoms with Crippen molar-refractivity contribution in [2.45, 2.75) is 70.4 Å². The van der Waals surface area contributed by atoms with Gasteiger partial charge in [0.15, 0.2) is 0 Å². The van der Waals surface area contributed by atoms with Gasteiger partial charge in [0.2, 0.25) is 0 Å². The first-order valence-electron chi connectivity index (χ1n) is 6.12. The van der Waals surface area contributed by atoms with E-state index in [2.05, 4.69) is 19.2 Å². The summed E-state index contributed by atoms with van der Waals surface area (Å²) in [7, 11) is 0. The van der Waals surface area contributed by atoms with Crippen molar-refractivity contribution in [1.82, 2.24) is 5.32 Å². The maximum absolute atomic E-state index is 10.2. The number of hydrogen-bond acceptors (Lipinski definition) is 2. The normalized spacial score (nSPS) is 23.4. The molecule has 1 aliphatic rings. The van der Waals surface area contributed by atoms with Gasteiger partial charge < -0.3 is 10.4 Å². The van der Waals surface area contributed by atoms with Crippen LogP contribution >= 0.6 is 0 Å². The Labute approximate surface area is 88.1 Å². The smallest absolute Gasteiger partial charge is 0.0771 e. The van der Waals surface area contributed by atoms with E-state index >= 15 is 0 Å². The first-order valence-corrected chi connectivity index (χ1v) is 6.12. The van der Waals surface area contributed by atoms with Gasteiger partial charge in [-0.05, 0) is 26.2 Å². The molecule has 0 aromatic heterocycles. The number of nitrogens with one attached hydrogen (secondary N) is 1. The van der Waals surface area contributed by atoms with Crippen LogP contribution in [0.15, 0.2) is 0 Å². The monoisotopic (exact) mass is 199 g/mol. The van der Waals surface area contributed by atoms with Gasteiger partial charge in [-0.25, -0.2) is 0 Å². The summed E-state index contributed by atoms with van der Waals surface area (Å²) in [6.45, 7) is 5.19. The molecular formula is C12H25NO. The number of rotatable bonds is 5. The van der Waals surface area contributed by atoms with Crippen LogP contribution in [0.3, 0.4) is 0 Å².